The molecule has 0 bridgehead atoms. The van der Waals surface area contributed by atoms with E-state index in [-0.39, 0.29) is 17.9 Å². The number of carbonyl (C=O) groups excluding carboxylic acids is 1. The average molecular weight is 324 g/mol. The van der Waals surface area contributed by atoms with E-state index in [1.165, 1.54) is 5.56 Å². The second-order valence-corrected chi connectivity index (χ2v) is 6.46. The van der Waals surface area contributed by atoms with E-state index in [2.05, 4.69) is 22.3 Å². The summed E-state index contributed by atoms with van der Waals surface area (Å²) in [7, 11) is 1.98. The molecule has 2 aromatic rings. The molecule has 0 saturated carbocycles. The number of ether oxygens (including phenoxy) is 1. The Morgan fingerprint density at radius 2 is 2.04 bits per heavy atom. The summed E-state index contributed by atoms with van der Waals surface area (Å²) in [6, 6.07) is 15.6. The lowest BCUT2D eigenvalue weighted by Crippen LogP contribution is -2.35. The van der Waals surface area contributed by atoms with Crippen molar-refractivity contribution in [2.24, 2.45) is 0 Å². The Bertz CT molecular complexity index is 715. The van der Waals surface area contributed by atoms with Crippen molar-refractivity contribution in [3.8, 4) is 5.75 Å². The van der Waals surface area contributed by atoms with E-state index in [9.17, 15) is 4.79 Å². The van der Waals surface area contributed by atoms with Gasteiger partial charge >= 0.3 is 0 Å². The summed E-state index contributed by atoms with van der Waals surface area (Å²) in [5.41, 5.74) is 2.82. The van der Waals surface area contributed by atoms with Crippen molar-refractivity contribution >= 4 is 11.5 Å². The molecule has 0 fully saturated rings. The van der Waals surface area contributed by atoms with E-state index < -0.39 is 0 Å². The summed E-state index contributed by atoms with van der Waals surface area (Å²) in [5.74, 6) is 0.937. The quantitative estimate of drug-likeness (QED) is 0.854. The monoisotopic (exact) mass is 324 g/mol. The normalized spacial score (nSPS) is 17.6. The maximum absolute atomic E-state index is 12.8. The van der Waals surface area contributed by atoms with Crippen LogP contribution in [0, 0.1) is 0 Å². The number of fused-ring (bicyclic) bond motifs is 1. The van der Waals surface area contributed by atoms with E-state index in [1.54, 1.807) is 0 Å². The van der Waals surface area contributed by atoms with Crippen LogP contribution in [0.4, 0.5) is 5.69 Å². The van der Waals surface area contributed by atoms with Gasteiger partial charge in [-0.05, 0) is 44.7 Å². The summed E-state index contributed by atoms with van der Waals surface area (Å²) in [4.78, 5) is 14.9. The van der Waals surface area contributed by atoms with Crippen LogP contribution in [0.25, 0.3) is 0 Å². The fourth-order valence-corrected chi connectivity index (χ4v) is 2.89. The van der Waals surface area contributed by atoms with Gasteiger partial charge in [-0.1, -0.05) is 30.3 Å². The molecule has 1 aliphatic rings. The lowest BCUT2D eigenvalue weighted by Gasteiger charge is -2.26. The van der Waals surface area contributed by atoms with E-state index in [1.807, 2.05) is 57.3 Å². The number of hydrogen-bond acceptors (Lipinski definition) is 4. The molecule has 4 nitrogen and oxygen atoms in total. The van der Waals surface area contributed by atoms with Gasteiger partial charge < -0.3 is 10.1 Å². The molecule has 2 aromatic carbocycles. The van der Waals surface area contributed by atoms with Crippen molar-refractivity contribution in [1.29, 1.82) is 0 Å². The Kier molecular flexibility index (Phi) is 4.86. The van der Waals surface area contributed by atoms with Crippen LogP contribution >= 0.6 is 0 Å². The zero-order chi connectivity index (χ0) is 17.1. The number of anilines is 1. The van der Waals surface area contributed by atoms with Gasteiger partial charge in [0.15, 0.2) is 5.78 Å². The highest BCUT2D eigenvalue weighted by Gasteiger charge is 2.22. The molecule has 0 saturated heterocycles. The van der Waals surface area contributed by atoms with Crippen LogP contribution in [0.15, 0.2) is 48.5 Å². The van der Waals surface area contributed by atoms with Crippen LogP contribution in [-0.2, 0) is 6.54 Å². The van der Waals surface area contributed by atoms with E-state index in [4.69, 9.17) is 4.74 Å². The van der Waals surface area contributed by atoms with Gasteiger partial charge in [0.25, 0.3) is 0 Å². The SMILES string of the molecule is CC1CNc2cc(C(=O)C(C)N(C)Cc3ccccc3)ccc2O1. The molecular formula is C20H24N2O2. The standard InChI is InChI=1S/C20H24N2O2/c1-14-12-21-18-11-17(9-10-19(18)24-14)20(23)15(2)22(3)13-16-7-5-4-6-8-16/h4-11,14-15,21H,12-13H2,1-3H3. The zero-order valence-corrected chi connectivity index (χ0v) is 14.5. The highest BCUT2D eigenvalue weighted by Crippen LogP contribution is 2.30. The maximum Gasteiger partial charge on any atom is 0.179 e. The average Bonchev–Trinajstić information content (AvgIpc) is 2.60. The van der Waals surface area contributed by atoms with Crippen molar-refractivity contribution in [3.05, 3.63) is 59.7 Å². The van der Waals surface area contributed by atoms with Gasteiger partial charge in [0, 0.05) is 12.1 Å². The van der Waals surface area contributed by atoms with Gasteiger partial charge in [0.05, 0.1) is 18.3 Å². The Labute approximate surface area is 143 Å². The van der Waals surface area contributed by atoms with Crippen molar-refractivity contribution in [2.45, 2.75) is 32.5 Å². The summed E-state index contributed by atoms with van der Waals surface area (Å²) < 4.78 is 5.77. The number of benzene rings is 2. The molecule has 0 aliphatic carbocycles. The minimum Gasteiger partial charge on any atom is -0.487 e. The Morgan fingerprint density at radius 3 is 2.79 bits per heavy atom. The number of ketones is 1. The minimum atomic E-state index is -0.188. The van der Waals surface area contributed by atoms with Crippen molar-refractivity contribution in [3.63, 3.8) is 0 Å². The molecule has 1 aliphatic heterocycles. The van der Waals surface area contributed by atoms with Crippen LogP contribution in [0.1, 0.15) is 29.8 Å². The molecule has 3 rings (SSSR count). The van der Waals surface area contributed by atoms with Crippen molar-refractivity contribution in [2.75, 3.05) is 18.9 Å². The predicted octanol–water partition coefficient (Wildman–Crippen LogP) is 3.58. The third kappa shape index (κ3) is 3.60. The fraction of sp³-hybridized carbons (Fsp3) is 0.350. The topological polar surface area (TPSA) is 41.6 Å². The van der Waals surface area contributed by atoms with Crippen LogP contribution in [-0.4, -0.2) is 36.4 Å². The Hall–Kier alpha value is -2.33. The van der Waals surface area contributed by atoms with Gasteiger partial charge in [0.2, 0.25) is 0 Å². The smallest absolute Gasteiger partial charge is 0.179 e. The fourth-order valence-electron chi connectivity index (χ4n) is 2.89. The second-order valence-electron chi connectivity index (χ2n) is 6.46. The minimum absolute atomic E-state index is 0.122. The third-order valence-electron chi connectivity index (χ3n) is 4.49. The maximum atomic E-state index is 12.8. The molecule has 24 heavy (non-hydrogen) atoms. The van der Waals surface area contributed by atoms with Gasteiger partial charge in [-0.2, -0.15) is 0 Å². The number of nitrogens with one attached hydrogen (secondary N) is 1. The molecule has 0 amide bonds. The number of hydrogen-bond donors (Lipinski definition) is 1. The Balaban J connectivity index is 1.71. The molecule has 2 atom stereocenters. The first-order valence-electron chi connectivity index (χ1n) is 8.37. The lowest BCUT2D eigenvalue weighted by atomic mass is 10.0. The summed E-state index contributed by atoms with van der Waals surface area (Å²) >= 11 is 0. The molecule has 1 heterocycles. The van der Waals surface area contributed by atoms with Crippen LogP contribution in [0.3, 0.4) is 0 Å². The zero-order valence-electron chi connectivity index (χ0n) is 14.5. The van der Waals surface area contributed by atoms with Crippen LogP contribution in [0.5, 0.6) is 5.75 Å². The number of carbonyl (C=O) groups is 1. The van der Waals surface area contributed by atoms with Gasteiger partial charge in [-0.15, -0.1) is 0 Å². The molecule has 0 radical (unpaired) electrons. The highest BCUT2D eigenvalue weighted by molar-refractivity contribution is 6.01. The highest BCUT2D eigenvalue weighted by atomic mass is 16.5. The molecule has 1 N–H and O–H groups in total. The van der Waals surface area contributed by atoms with E-state index in [0.29, 0.717) is 5.56 Å². The van der Waals surface area contributed by atoms with Crippen molar-refractivity contribution < 1.29 is 9.53 Å². The Morgan fingerprint density at radius 1 is 1.29 bits per heavy atom. The molecule has 4 heteroatoms. The number of likely N-dealkylation sites (N-methyl/N-ethyl adjacent to an activating group) is 1. The first kappa shape index (κ1) is 16.5. The summed E-state index contributed by atoms with van der Waals surface area (Å²) in [5, 5.41) is 3.32. The lowest BCUT2D eigenvalue weighted by molar-refractivity contribution is 0.0862. The summed E-state index contributed by atoms with van der Waals surface area (Å²) in [6.45, 7) is 5.48. The van der Waals surface area contributed by atoms with Crippen molar-refractivity contribution in [1.82, 2.24) is 4.90 Å². The third-order valence-corrected chi connectivity index (χ3v) is 4.49. The molecule has 126 valence electrons. The molecule has 0 spiro atoms. The van der Waals surface area contributed by atoms with Gasteiger partial charge in [-0.25, -0.2) is 0 Å². The van der Waals surface area contributed by atoms with Crippen LogP contribution < -0.4 is 10.1 Å². The van der Waals surface area contributed by atoms with E-state index >= 15 is 0 Å². The second kappa shape index (κ2) is 7.05. The first-order valence-corrected chi connectivity index (χ1v) is 8.37. The summed E-state index contributed by atoms with van der Waals surface area (Å²) in [6.07, 6.45) is 0.148. The largest absolute Gasteiger partial charge is 0.487 e. The molecule has 2 unspecified atom stereocenters. The number of rotatable bonds is 5. The number of Topliss-reactive ketones (excluding diaryl/α,β-unsaturated/α-hetero) is 1. The van der Waals surface area contributed by atoms with Gasteiger partial charge in [0.1, 0.15) is 11.9 Å². The molecule has 0 aromatic heterocycles. The van der Waals surface area contributed by atoms with Gasteiger partial charge in [-0.3, -0.25) is 9.69 Å². The number of nitrogens with zero attached hydrogens (tertiary/aromatic N) is 1. The predicted molar refractivity (Wildman–Crippen MR) is 96.7 cm³/mol. The first-order chi connectivity index (χ1) is 11.5. The van der Waals surface area contributed by atoms with E-state index in [0.717, 1.165) is 24.5 Å². The van der Waals surface area contributed by atoms with Crippen LogP contribution in [0.2, 0.25) is 0 Å². The molecular weight excluding hydrogens is 300 g/mol.